The number of benzene rings is 1. The highest BCUT2D eigenvalue weighted by Crippen LogP contribution is 2.23. The lowest BCUT2D eigenvalue weighted by atomic mass is 10.1. The van der Waals surface area contributed by atoms with Gasteiger partial charge < -0.3 is 15.0 Å². The van der Waals surface area contributed by atoms with E-state index in [-0.39, 0.29) is 5.56 Å². The fourth-order valence-electron chi connectivity index (χ4n) is 1.79. The Morgan fingerprint density at radius 3 is 2.12 bits per heavy atom. The maximum Gasteiger partial charge on any atom is 0.573 e. The van der Waals surface area contributed by atoms with Gasteiger partial charge in [0.05, 0.1) is 0 Å². The van der Waals surface area contributed by atoms with Crippen LogP contribution < -0.4 is 15.5 Å². The summed E-state index contributed by atoms with van der Waals surface area (Å²) in [5.41, 5.74) is 1.17. The first kappa shape index (κ1) is 19.2. The third-order valence-electron chi connectivity index (χ3n) is 2.90. The number of amides is 3. The molecule has 1 atom stereocenters. The fourth-order valence-corrected chi connectivity index (χ4v) is 1.79. The molecule has 1 aromatic carbocycles. The van der Waals surface area contributed by atoms with Crippen molar-refractivity contribution in [2.24, 2.45) is 0 Å². The van der Waals surface area contributed by atoms with Crippen LogP contribution in [0.25, 0.3) is 0 Å². The molecule has 0 spiro atoms. The second-order valence-electron chi connectivity index (χ2n) is 4.48. The van der Waals surface area contributed by atoms with E-state index in [1.807, 2.05) is 0 Å². The highest BCUT2D eigenvalue weighted by atomic mass is 19.4. The zero-order valence-electron chi connectivity index (χ0n) is 12.5. The summed E-state index contributed by atoms with van der Waals surface area (Å²) in [6, 6.07) is 2.24. The van der Waals surface area contributed by atoms with Gasteiger partial charge in [-0.15, -0.1) is 13.2 Å². The second kappa shape index (κ2) is 7.64. The maximum atomic E-state index is 12.2. The predicted molar refractivity (Wildman–Crippen MR) is 73.0 cm³/mol. The van der Waals surface area contributed by atoms with Crippen molar-refractivity contribution in [2.75, 3.05) is 14.1 Å². The monoisotopic (exact) mass is 349 g/mol. The predicted octanol–water partition coefficient (Wildman–Crippen LogP) is 0.277. The molecule has 3 N–H and O–H groups in total. The van der Waals surface area contributed by atoms with E-state index in [4.69, 9.17) is 5.21 Å². The molecule has 132 valence electrons. The topological polar surface area (TPSA) is 108 Å². The molecule has 24 heavy (non-hydrogen) atoms. The molecule has 1 aromatic rings. The van der Waals surface area contributed by atoms with Crippen molar-refractivity contribution in [2.45, 2.75) is 12.4 Å². The molecule has 0 aliphatic carbocycles. The van der Waals surface area contributed by atoms with Crippen LogP contribution in [0.4, 0.5) is 13.2 Å². The van der Waals surface area contributed by atoms with E-state index in [0.717, 1.165) is 36.2 Å². The molecule has 0 fully saturated rings. The first-order valence-corrected chi connectivity index (χ1v) is 6.39. The van der Waals surface area contributed by atoms with Gasteiger partial charge in [0.15, 0.2) is 6.04 Å². The van der Waals surface area contributed by atoms with Gasteiger partial charge in [0.25, 0.3) is 17.7 Å². The van der Waals surface area contributed by atoms with Gasteiger partial charge in [-0.3, -0.25) is 19.6 Å². The van der Waals surface area contributed by atoms with Crippen LogP contribution in [0.3, 0.4) is 0 Å². The molecule has 0 aliphatic heterocycles. The van der Waals surface area contributed by atoms with Gasteiger partial charge in [-0.05, 0) is 24.3 Å². The van der Waals surface area contributed by atoms with Crippen LogP contribution in [-0.4, -0.2) is 54.3 Å². The van der Waals surface area contributed by atoms with Crippen LogP contribution in [0.2, 0.25) is 0 Å². The third kappa shape index (κ3) is 4.84. The Bertz CT molecular complexity index is 602. The van der Waals surface area contributed by atoms with Crippen molar-refractivity contribution in [1.29, 1.82) is 0 Å². The number of likely N-dealkylation sites (N-methyl/N-ethyl adjacent to an activating group) is 2. The molecule has 11 heteroatoms. The molecule has 0 radical (unpaired) electrons. The SMILES string of the molecule is CNC(=O)C(C(=O)NO)N(C)C(=O)c1ccc(OC(F)(F)F)cc1. The van der Waals surface area contributed by atoms with E-state index in [1.165, 1.54) is 12.5 Å². The van der Waals surface area contributed by atoms with Crippen LogP contribution >= 0.6 is 0 Å². The lowest BCUT2D eigenvalue weighted by Crippen LogP contribution is -2.54. The number of halogens is 3. The van der Waals surface area contributed by atoms with E-state index in [9.17, 15) is 27.6 Å². The van der Waals surface area contributed by atoms with Crippen LogP contribution in [0.5, 0.6) is 5.75 Å². The highest BCUT2D eigenvalue weighted by Gasteiger charge is 2.34. The number of nitrogens with one attached hydrogen (secondary N) is 2. The standard InChI is InChI=1S/C13H14F3N3O5/c1-17-10(20)9(11(21)18-23)19(2)12(22)7-3-5-8(6-4-7)24-13(14,15)16/h3-6,9,23H,1-2H3,(H,17,20)(H,18,21). The molecule has 0 aromatic heterocycles. The molecule has 1 unspecified atom stereocenters. The Morgan fingerprint density at radius 2 is 1.71 bits per heavy atom. The number of hydrogen-bond acceptors (Lipinski definition) is 5. The maximum absolute atomic E-state index is 12.2. The minimum atomic E-state index is -4.87. The van der Waals surface area contributed by atoms with E-state index >= 15 is 0 Å². The van der Waals surface area contributed by atoms with Crippen molar-refractivity contribution < 1.29 is 37.5 Å². The van der Waals surface area contributed by atoms with Gasteiger partial charge in [0, 0.05) is 19.7 Å². The Morgan fingerprint density at radius 1 is 1.17 bits per heavy atom. The van der Waals surface area contributed by atoms with Gasteiger partial charge in [-0.2, -0.15) is 0 Å². The van der Waals surface area contributed by atoms with E-state index in [1.54, 1.807) is 0 Å². The van der Waals surface area contributed by atoms with Gasteiger partial charge >= 0.3 is 6.36 Å². The molecular formula is C13H14F3N3O5. The number of alkyl halides is 3. The van der Waals surface area contributed by atoms with E-state index in [2.05, 4.69) is 10.1 Å². The van der Waals surface area contributed by atoms with Crippen molar-refractivity contribution in [3.63, 3.8) is 0 Å². The average molecular weight is 349 g/mol. The van der Waals surface area contributed by atoms with E-state index < -0.39 is 35.9 Å². The highest BCUT2D eigenvalue weighted by molar-refractivity contribution is 6.08. The first-order chi connectivity index (χ1) is 11.1. The number of rotatable bonds is 5. The number of carbonyl (C=O) groups is 3. The van der Waals surface area contributed by atoms with Gasteiger partial charge in [0.2, 0.25) is 0 Å². The number of nitrogens with zero attached hydrogens (tertiary/aromatic N) is 1. The van der Waals surface area contributed by atoms with Crippen molar-refractivity contribution in [3.05, 3.63) is 29.8 Å². The number of carbonyl (C=O) groups excluding carboxylic acids is 3. The van der Waals surface area contributed by atoms with Crippen LogP contribution in [0, 0.1) is 0 Å². The molecule has 0 saturated heterocycles. The Hall–Kier alpha value is -2.82. The number of hydrogen-bond donors (Lipinski definition) is 3. The van der Waals surface area contributed by atoms with Gasteiger partial charge in [0.1, 0.15) is 5.75 Å². The average Bonchev–Trinajstić information content (AvgIpc) is 2.52. The van der Waals surface area contributed by atoms with Crippen molar-refractivity contribution in [3.8, 4) is 5.75 Å². The summed E-state index contributed by atoms with van der Waals surface area (Å²) in [4.78, 5) is 36.2. The van der Waals surface area contributed by atoms with Gasteiger partial charge in [-0.25, -0.2) is 5.48 Å². The first-order valence-electron chi connectivity index (χ1n) is 6.39. The minimum absolute atomic E-state index is 0.0910. The zero-order chi connectivity index (χ0) is 18.5. The summed E-state index contributed by atoms with van der Waals surface area (Å²) in [6.07, 6.45) is -4.87. The molecule has 0 heterocycles. The molecule has 0 saturated carbocycles. The molecule has 1 rings (SSSR count). The Labute approximate surface area is 134 Å². The summed E-state index contributed by atoms with van der Waals surface area (Å²) in [7, 11) is 2.35. The van der Waals surface area contributed by atoms with Crippen molar-refractivity contribution in [1.82, 2.24) is 15.7 Å². The zero-order valence-corrected chi connectivity index (χ0v) is 12.5. The summed E-state index contributed by atoms with van der Waals surface area (Å²) in [5.74, 6) is -3.37. The third-order valence-corrected chi connectivity index (χ3v) is 2.90. The summed E-state index contributed by atoms with van der Waals surface area (Å²) in [5, 5.41) is 10.8. The minimum Gasteiger partial charge on any atom is -0.406 e. The Kier molecular flexibility index (Phi) is 6.12. The summed E-state index contributed by atoms with van der Waals surface area (Å²) >= 11 is 0. The van der Waals surface area contributed by atoms with Crippen molar-refractivity contribution >= 4 is 17.7 Å². The number of ether oxygens (including phenoxy) is 1. The van der Waals surface area contributed by atoms with Crippen LogP contribution in [-0.2, 0) is 9.59 Å². The van der Waals surface area contributed by atoms with E-state index in [0.29, 0.717) is 0 Å². The van der Waals surface area contributed by atoms with Crippen LogP contribution in [0.1, 0.15) is 10.4 Å². The molecular weight excluding hydrogens is 335 g/mol. The molecule has 3 amide bonds. The summed E-state index contributed by atoms with van der Waals surface area (Å²) in [6.45, 7) is 0. The van der Waals surface area contributed by atoms with Crippen LogP contribution in [0.15, 0.2) is 24.3 Å². The smallest absolute Gasteiger partial charge is 0.406 e. The lowest BCUT2D eigenvalue weighted by molar-refractivity contribution is -0.274. The second-order valence-corrected chi connectivity index (χ2v) is 4.48. The van der Waals surface area contributed by atoms with Gasteiger partial charge in [-0.1, -0.05) is 0 Å². The molecule has 0 aliphatic rings. The summed E-state index contributed by atoms with van der Waals surface area (Å²) < 4.78 is 39.9. The molecule has 8 nitrogen and oxygen atoms in total. The normalized spacial score (nSPS) is 12.1. The largest absolute Gasteiger partial charge is 0.573 e. The number of hydroxylamine groups is 1. The quantitative estimate of drug-likeness (QED) is 0.402. The lowest BCUT2D eigenvalue weighted by Gasteiger charge is -2.25. The Balaban J connectivity index is 2.98. The fraction of sp³-hybridized carbons (Fsp3) is 0.308. The molecule has 0 bridgehead atoms.